The molecule has 1 amide bonds. The highest BCUT2D eigenvalue weighted by atomic mass is 16.4. The summed E-state index contributed by atoms with van der Waals surface area (Å²) in [7, 11) is 0. The minimum absolute atomic E-state index is 0.198. The van der Waals surface area contributed by atoms with Crippen LogP contribution in [-0.2, 0) is 0 Å². The van der Waals surface area contributed by atoms with Crippen molar-refractivity contribution in [1.29, 1.82) is 0 Å². The minimum Gasteiger partial charge on any atom is -0.478 e. The highest BCUT2D eigenvalue weighted by Crippen LogP contribution is 2.24. The van der Waals surface area contributed by atoms with Gasteiger partial charge in [-0.2, -0.15) is 5.10 Å². The van der Waals surface area contributed by atoms with Crippen LogP contribution in [0.1, 0.15) is 33.6 Å². The largest absolute Gasteiger partial charge is 0.478 e. The van der Waals surface area contributed by atoms with E-state index in [9.17, 15) is 14.7 Å². The molecule has 172 valence electrons. The average Bonchev–Trinajstić information content (AvgIpc) is 3.28. The third-order valence-corrected chi connectivity index (χ3v) is 6.14. The number of hydrogen-bond donors (Lipinski definition) is 3. The van der Waals surface area contributed by atoms with Crippen molar-refractivity contribution < 1.29 is 19.8 Å². The summed E-state index contributed by atoms with van der Waals surface area (Å²) >= 11 is 0. The molecule has 3 aromatic carbocycles. The molecule has 1 saturated heterocycles. The number of fused-ring (bicyclic) bond motifs is 1. The smallest absolute Gasteiger partial charge is 0.335 e. The number of nitrogens with zero attached hydrogens (tertiary/aromatic N) is 3. The Hall–Kier alpha value is -4.17. The van der Waals surface area contributed by atoms with Gasteiger partial charge in [0.1, 0.15) is 0 Å². The zero-order valence-electron chi connectivity index (χ0n) is 18.4. The van der Waals surface area contributed by atoms with Gasteiger partial charge in [0, 0.05) is 35.4 Å². The number of rotatable bonds is 5. The molecule has 0 bridgehead atoms. The number of carboxylic acids is 1. The Kier molecular flexibility index (Phi) is 5.73. The number of carboxylic acid groups (broad SMARTS) is 1. The van der Waals surface area contributed by atoms with Gasteiger partial charge in [0.15, 0.2) is 0 Å². The van der Waals surface area contributed by atoms with Gasteiger partial charge in [-0.25, -0.2) is 9.48 Å². The van der Waals surface area contributed by atoms with Crippen LogP contribution in [0.2, 0.25) is 0 Å². The fourth-order valence-electron chi connectivity index (χ4n) is 4.21. The van der Waals surface area contributed by atoms with E-state index in [1.807, 2.05) is 42.5 Å². The maximum absolute atomic E-state index is 12.8. The monoisotopic (exact) mass is 456 g/mol. The quantitative estimate of drug-likeness (QED) is 0.420. The van der Waals surface area contributed by atoms with Crippen LogP contribution >= 0.6 is 0 Å². The molecule has 0 radical (unpaired) electrons. The zero-order chi connectivity index (χ0) is 23.7. The van der Waals surface area contributed by atoms with Crippen LogP contribution in [0.4, 0.5) is 11.4 Å². The van der Waals surface area contributed by atoms with Crippen molar-refractivity contribution in [2.45, 2.75) is 18.9 Å². The van der Waals surface area contributed by atoms with Crippen LogP contribution in [0.5, 0.6) is 0 Å². The van der Waals surface area contributed by atoms with Crippen LogP contribution in [0.3, 0.4) is 0 Å². The predicted molar refractivity (Wildman–Crippen MR) is 130 cm³/mol. The van der Waals surface area contributed by atoms with Crippen LogP contribution in [0.15, 0.2) is 72.9 Å². The van der Waals surface area contributed by atoms with Crippen LogP contribution in [-0.4, -0.2) is 51.1 Å². The van der Waals surface area contributed by atoms with Crippen LogP contribution in [0.25, 0.3) is 16.6 Å². The fourth-order valence-corrected chi connectivity index (χ4v) is 4.21. The lowest BCUT2D eigenvalue weighted by atomic mass is 10.1. The van der Waals surface area contributed by atoms with Crippen molar-refractivity contribution in [3.8, 4) is 5.69 Å². The van der Waals surface area contributed by atoms with E-state index in [0.29, 0.717) is 11.3 Å². The Balaban J connectivity index is 1.29. The van der Waals surface area contributed by atoms with E-state index in [4.69, 9.17) is 5.11 Å². The number of amides is 1. The Morgan fingerprint density at radius 1 is 0.882 bits per heavy atom. The highest BCUT2D eigenvalue weighted by Gasteiger charge is 2.17. The first-order chi connectivity index (χ1) is 16.5. The summed E-state index contributed by atoms with van der Waals surface area (Å²) in [6, 6.07) is 19.6. The highest BCUT2D eigenvalue weighted by molar-refractivity contribution is 6.05. The van der Waals surface area contributed by atoms with Gasteiger partial charge < -0.3 is 20.4 Å². The van der Waals surface area contributed by atoms with Gasteiger partial charge in [-0.05, 0) is 79.6 Å². The second kappa shape index (κ2) is 8.99. The number of piperidine rings is 1. The predicted octanol–water partition coefficient (Wildman–Crippen LogP) is 3.94. The van der Waals surface area contributed by atoms with Crippen molar-refractivity contribution >= 4 is 34.2 Å². The topological polar surface area (TPSA) is 108 Å². The Morgan fingerprint density at radius 2 is 1.53 bits per heavy atom. The van der Waals surface area contributed by atoms with Crippen LogP contribution < -0.4 is 10.2 Å². The van der Waals surface area contributed by atoms with E-state index in [1.165, 1.54) is 0 Å². The molecule has 5 rings (SSSR count). The van der Waals surface area contributed by atoms with Crippen molar-refractivity contribution in [1.82, 2.24) is 9.78 Å². The Labute approximate surface area is 196 Å². The molecule has 1 fully saturated rings. The lowest BCUT2D eigenvalue weighted by Gasteiger charge is -2.31. The first kappa shape index (κ1) is 21.7. The summed E-state index contributed by atoms with van der Waals surface area (Å²) in [4.78, 5) is 26.1. The van der Waals surface area contributed by atoms with Crippen LogP contribution in [0, 0.1) is 0 Å². The summed E-state index contributed by atoms with van der Waals surface area (Å²) in [6.07, 6.45) is 3.01. The number of aromatic carboxylic acids is 1. The molecule has 2 heterocycles. The standard InChI is InChI=1S/C26H24N4O4/c31-23-11-13-29(14-12-23)21-6-1-17(2-7-21)25(32)28-20-5-10-24-19(15-20)16-27-30(24)22-8-3-18(4-9-22)26(33)34/h1-10,15-16,23,31H,11-14H2,(H,28,32)(H,33,34). The second-order valence-corrected chi connectivity index (χ2v) is 8.40. The summed E-state index contributed by atoms with van der Waals surface area (Å²) in [5.74, 6) is -1.17. The lowest BCUT2D eigenvalue weighted by molar-refractivity contribution is 0.0696. The number of hydrogen-bond acceptors (Lipinski definition) is 5. The summed E-state index contributed by atoms with van der Waals surface area (Å²) in [6.45, 7) is 1.62. The molecule has 8 heteroatoms. The minimum atomic E-state index is -0.974. The van der Waals surface area contributed by atoms with Crippen molar-refractivity contribution in [3.05, 3.63) is 84.1 Å². The molecule has 0 saturated carbocycles. The van der Waals surface area contributed by atoms with Gasteiger partial charge in [-0.15, -0.1) is 0 Å². The van der Waals surface area contributed by atoms with E-state index in [0.717, 1.165) is 48.2 Å². The maximum Gasteiger partial charge on any atom is 0.335 e. The number of aromatic nitrogens is 2. The van der Waals surface area contributed by atoms with Gasteiger partial charge in [-0.1, -0.05) is 0 Å². The molecule has 1 aliphatic rings. The summed E-state index contributed by atoms with van der Waals surface area (Å²) in [5, 5.41) is 27.0. The second-order valence-electron chi connectivity index (χ2n) is 8.40. The first-order valence-electron chi connectivity index (χ1n) is 11.1. The number of anilines is 2. The zero-order valence-corrected chi connectivity index (χ0v) is 18.4. The van der Waals surface area contributed by atoms with E-state index in [2.05, 4.69) is 15.3 Å². The van der Waals surface area contributed by atoms with Crippen molar-refractivity contribution in [3.63, 3.8) is 0 Å². The molecule has 34 heavy (non-hydrogen) atoms. The van der Waals surface area contributed by atoms with E-state index in [-0.39, 0.29) is 17.6 Å². The third kappa shape index (κ3) is 4.35. The number of carbonyl (C=O) groups is 2. The molecule has 3 N–H and O–H groups in total. The molecule has 0 atom stereocenters. The van der Waals surface area contributed by atoms with Gasteiger partial charge >= 0.3 is 5.97 Å². The molecule has 1 aliphatic heterocycles. The summed E-state index contributed by atoms with van der Waals surface area (Å²) < 4.78 is 1.73. The van der Waals surface area contributed by atoms with Gasteiger partial charge in [0.05, 0.1) is 29.1 Å². The summed E-state index contributed by atoms with van der Waals surface area (Å²) in [5.41, 5.74) is 4.08. The molecule has 8 nitrogen and oxygen atoms in total. The maximum atomic E-state index is 12.8. The third-order valence-electron chi connectivity index (χ3n) is 6.14. The molecular weight excluding hydrogens is 432 g/mol. The Bertz CT molecular complexity index is 1340. The number of aliphatic hydroxyl groups is 1. The lowest BCUT2D eigenvalue weighted by Crippen LogP contribution is -2.35. The number of aliphatic hydroxyl groups excluding tert-OH is 1. The molecular formula is C26H24N4O4. The van der Waals surface area contributed by atoms with Gasteiger partial charge in [0.25, 0.3) is 5.91 Å². The number of carbonyl (C=O) groups excluding carboxylic acids is 1. The fraction of sp³-hybridized carbons (Fsp3) is 0.192. The SMILES string of the molecule is O=C(O)c1ccc(-n2ncc3cc(NC(=O)c4ccc(N5CCC(O)CC5)cc4)ccc32)cc1. The van der Waals surface area contributed by atoms with Crippen molar-refractivity contribution in [2.24, 2.45) is 0 Å². The molecule has 0 unspecified atom stereocenters. The number of benzene rings is 3. The van der Waals surface area contributed by atoms with Gasteiger partial charge in [0.2, 0.25) is 0 Å². The van der Waals surface area contributed by atoms with E-state index >= 15 is 0 Å². The normalized spacial score (nSPS) is 14.3. The molecule has 4 aromatic rings. The van der Waals surface area contributed by atoms with E-state index in [1.54, 1.807) is 35.1 Å². The average molecular weight is 457 g/mol. The molecule has 1 aromatic heterocycles. The number of nitrogens with one attached hydrogen (secondary N) is 1. The Morgan fingerprint density at radius 3 is 2.21 bits per heavy atom. The first-order valence-corrected chi connectivity index (χ1v) is 11.1. The molecule has 0 aliphatic carbocycles. The van der Waals surface area contributed by atoms with E-state index < -0.39 is 5.97 Å². The van der Waals surface area contributed by atoms with Gasteiger partial charge in [-0.3, -0.25) is 4.79 Å². The van der Waals surface area contributed by atoms with Crippen molar-refractivity contribution in [2.75, 3.05) is 23.3 Å². The molecule has 0 spiro atoms.